The number of para-hydroxylation sites is 4. The number of rotatable bonds is 11. The second-order valence-electron chi connectivity index (χ2n) is 27.6. The summed E-state index contributed by atoms with van der Waals surface area (Å²) in [5.74, 6) is 2.03. The van der Waals surface area contributed by atoms with Crippen molar-refractivity contribution in [3.05, 3.63) is 198 Å². The van der Waals surface area contributed by atoms with Crippen LogP contribution in [0, 0.1) is 40.1 Å². The largest absolute Gasteiger partial charge is 0.510 e. The minimum Gasteiger partial charge on any atom is -0.510 e. The summed E-state index contributed by atoms with van der Waals surface area (Å²) >= 11 is 0. The first-order chi connectivity index (χ1) is 36.2. The third-order valence-electron chi connectivity index (χ3n) is 14.1. The number of fused-ring (bicyclic) bond motifs is 4. The zero-order chi connectivity index (χ0) is 54.8. The normalized spacial score (nSPS) is 12.7. The summed E-state index contributed by atoms with van der Waals surface area (Å²) in [6.45, 7) is 34.8. The molecule has 0 bridgehead atoms. The molecule has 0 fully saturated rings. The molecule has 3 aromatic heterocycles. The molecule has 0 atom stereocenters. The molecular weight excluding hydrogens is 1130 g/mol. The van der Waals surface area contributed by atoms with Crippen molar-refractivity contribution in [3.8, 4) is 50.9 Å². The first-order valence-corrected chi connectivity index (χ1v) is 27.7. The van der Waals surface area contributed by atoms with Gasteiger partial charge < -0.3 is 13.9 Å². The van der Waals surface area contributed by atoms with Gasteiger partial charge in [0.15, 0.2) is 0 Å². The molecule has 10 aromatic rings. The summed E-state index contributed by atoms with van der Waals surface area (Å²) in [6, 6.07) is 60.7. The molecule has 3 heterocycles. The van der Waals surface area contributed by atoms with Gasteiger partial charge in [-0.25, -0.2) is 4.98 Å². The van der Waals surface area contributed by atoms with Crippen LogP contribution in [0.4, 0.5) is 0 Å². The fourth-order valence-corrected chi connectivity index (χ4v) is 11.3. The van der Waals surface area contributed by atoms with Crippen molar-refractivity contribution in [2.75, 3.05) is 0 Å². The number of hydrogen-bond acceptors (Lipinski definition) is 2. The molecule has 0 N–H and O–H groups in total. The molecule has 0 saturated heterocycles. The number of ether oxygens (including phenoxy) is 1. The van der Waals surface area contributed by atoms with Crippen molar-refractivity contribution >= 4 is 32.8 Å². The van der Waals surface area contributed by atoms with Crippen LogP contribution >= 0.6 is 0 Å². The Balaban J connectivity index is 0.00000740. The van der Waals surface area contributed by atoms with Crippen LogP contribution in [0.1, 0.15) is 132 Å². The van der Waals surface area contributed by atoms with Crippen LogP contribution in [0.15, 0.2) is 152 Å². The Labute approximate surface area is 480 Å². The van der Waals surface area contributed by atoms with Gasteiger partial charge in [0.2, 0.25) is 0 Å². The van der Waals surface area contributed by atoms with Gasteiger partial charge in [0.1, 0.15) is 5.82 Å². The minimum absolute atomic E-state index is 0. The maximum Gasteiger partial charge on any atom is 0.268 e. The summed E-state index contributed by atoms with van der Waals surface area (Å²) in [7, 11) is 0. The number of aromatic nitrogens is 4. The maximum absolute atomic E-state index is 6.77. The predicted octanol–water partition coefficient (Wildman–Crippen LogP) is 18.6. The van der Waals surface area contributed by atoms with E-state index in [9.17, 15) is 0 Å². The van der Waals surface area contributed by atoms with Gasteiger partial charge in [0, 0.05) is 44.3 Å². The van der Waals surface area contributed by atoms with E-state index in [1.165, 1.54) is 50.1 Å². The molecule has 6 heteroatoms. The SMILES string of the molecule is CC(C)(C)Cc1cc(CC(C)(C)C)cc(-c2cccc(-c3cc(CC(C)(C)C)cc(CC(C)(C)C)c3)c2-[n+]2[c-]n(-c3[c-]c(Oc4[c-]c5c(cc4)c4ccccc4n5-c4cc(C(C)(C)C)ccn4)ccc3)c3ccccc32)c1.[Pt]. The number of pyridine rings is 1. The Kier molecular flexibility index (Phi) is 15.3. The quantitative estimate of drug-likeness (QED) is 0.0956. The van der Waals surface area contributed by atoms with Gasteiger partial charge in [-0.1, -0.05) is 206 Å². The summed E-state index contributed by atoms with van der Waals surface area (Å²) < 4.78 is 13.4. The monoisotopic (exact) mass is 1210 g/mol. The van der Waals surface area contributed by atoms with Gasteiger partial charge in [-0.15, -0.1) is 29.7 Å². The first-order valence-electron chi connectivity index (χ1n) is 27.7. The predicted molar refractivity (Wildman–Crippen MR) is 322 cm³/mol. The number of nitrogens with zero attached hydrogens (tertiary/aromatic N) is 4. The zero-order valence-electron chi connectivity index (χ0n) is 48.8. The van der Waals surface area contributed by atoms with Gasteiger partial charge in [0.25, 0.3) is 6.33 Å². The first kappa shape index (κ1) is 56.2. The van der Waals surface area contributed by atoms with Crippen LogP contribution < -0.4 is 9.30 Å². The van der Waals surface area contributed by atoms with Crippen LogP contribution in [0.25, 0.3) is 72.3 Å². The number of benzene rings is 7. The fourth-order valence-electron chi connectivity index (χ4n) is 11.3. The van der Waals surface area contributed by atoms with E-state index < -0.39 is 0 Å². The Bertz CT molecular complexity index is 3650. The standard InChI is InChI=1S/C72H78N4O.Pt/c1-68(2,3)43-48-34-49(44-69(4,5)6)37-52(36-48)58-25-21-26-59(53-38-50(45-70(7,8)9)35-51(39-53)46-71(10,11)12)67(58)75-47-74(63-28-18-19-29-64(63)75)55-22-20-23-56(41-55)77-57-30-31-61-60-24-16-17-27-62(60)76(65(61)42-57)66-40-54(32-33-73-66)72(13,14)15;/h16-40H,43-46H2,1-15H3;/q-2;. The van der Waals surface area contributed by atoms with Crippen LogP contribution in [-0.4, -0.2) is 14.1 Å². The molecule has 5 nitrogen and oxygen atoms in total. The van der Waals surface area contributed by atoms with E-state index in [0.29, 0.717) is 11.5 Å². The van der Waals surface area contributed by atoms with Crippen molar-refractivity contribution in [1.29, 1.82) is 0 Å². The molecule has 0 radical (unpaired) electrons. The van der Waals surface area contributed by atoms with Crippen LogP contribution in [-0.2, 0) is 52.2 Å². The van der Waals surface area contributed by atoms with E-state index >= 15 is 0 Å². The summed E-state index contributed by atoms with van der Waals surface area (Å²) in [5, 5.41) is 2.23. The fraction of sp³-hybridized carbons (Fsp3) is 0.333. The molecule has 0 saturated carbocycles. The Morgan fingerprint density at radius 1 is 0.487 bits per heavy atom. The Morgan fingerprint density at radius 3 is 1.55 bits per heavy atom. The van der Waals surface area contributed by atoms with E-state index in [0.717, 1.165) is 75.7 Å². The van der Waals surface area contributed by atoms with Crippen LogP contribution in [0.2, 0.25) is 0 Å². The van der Waals surface area contributed by atoms with Gasteiger partial charge in [0.05, 0.1) is 16.7 Å². The topological polar surface area (TPSA) is 35.9 Å². The Hall–Kier alpha value is -6.55. The third kappa shape index (κ3) is 12.6. The molecule has 0 aliphatic heterocycles. The summed E-state index contributed by atoms with van der Waals surface area (Å²) in [5.41, 5.74) is 17.8. The number of imidazole rings is 1. The minimum atomic E-state index is -0.0373. The molecule has 0 amide bonds. The molecule has 10 rings (SSSR count). The van der Waals surface area contributed by atoms with E-state index in [-0.39, 0.29) is 48.1 Å². The second kappa shape index (κ2) is 21.3. The van der Waals surface area contributed by atoms with Crippen molar-refractivity contribution in [2.24, 2.45) is 21.7 Å². The van der Waals surface area contributed by atoms with Crippen molar-refractivity contribution < 1.29 is 30.4 Å². The molecule has 78 heavy (non-hydrogen) atoms. The van der Waals surface area contributed by atoms with E-state index in [2.05, 4.69) is 263 Å². The molecule has 0 aliphatic carbocycles. The van der Waals surface area contributed by atoms with E-state index in [4.69, 9.17) is 9.72 Å². The van der Waals surface area contributed by atoms with Gasteiger partial charge >= 0.3 is 0 Å². The van der Waals surface area contributed by atoms with Crippen LogP contribution in [0.5, 0.6) is 11.5 Å². The molecule has 0 spiro atoms. The van der Waals surface area contributed by atoms with Gasteiger partial charge in [-0.2, -0.15) is 18.2 Å². The third-order valence-corrected chi connectivity index (χ3v) is 14.1. The molecule has 0 unspecified atom stereocenters. The summed E-state index contributed by atoms with van der Waals surface area (Å²) in [4.78, 5) is 4.90. The Morgan fingerprint density at radius 2 is 1.00 bits per heavy atom. The summed E-state index contributed by atoms with van der Waals surface area (Å²) in [6.07, 6.45) is 9.76. The molecule has 404 valence electrons. The second-order valence-corrected chi connectivity index (χ2v) is 27.6. The zero-order valence-corrected chi connectivity index (χ0v) is 51.0. The average molecular weight is 1210 g/mol. The van der Waals surface area contributed by atoms with Crippen molar-refractivity contribution in [1.82, 2.24) is 14.1 Å². The van der Waals surface area contributed by atoms with Gasteiger partial charge in [-0.05, 0) is 132 Å². The molecule has 7 aromatic carbocycles. The average Bonchev–Trinajstić information content (AvgIpc) is 3.88. The molecule has 0 aliphatic rings. The van der Waals surface area contributed by atoms with Gasteiger partial charge in [-0.3, -0.25) is 4.57 Å². The maximum atomic E-state index is 6.77. The smallest absolute Gasteiger partial charge is 0.268 e. The molecular formula is C72H78N4OPt-2. The van der Waals surface area contributed by atoms with Crippen molar-refractivity contribution in [3.63, 3.8) is 0 Å². The van der Waals surface area contributed by atoms with Crippen LogP contribution in [0.3, 0.4) is 0 Å². The number of hydrogen-bond donors (Lipinski definition) is 0. The van der Waals surface area contributed by atoms with E-state index in [1.807, 2.05) is 24.4 Å². The van der Waals surface area contributed by atoms with Crippen molar-refractivity contribution in [2.45, 2.75) is 135 Å². The van der Waals surface area contributed by atoms with E-state index in [1.54, 1.807) is 0 Å².